The van der Waals surface area contributed by atoms with Gasteiger partial charge in [0.25, 0.3) is 5.91 Å². The van der Waals surface area contributed by atoms with E-state index in [1.807, 2.05) is 30.3 Å². The molecule has 4 aromatic rings. The molecule has 2 heterocycles. The molecule has 2 aromatic carbocycles. The topological polar surface area (TPSA) is 51.0 Å². The zero-order valence-corrected chi connectivity index (χ0v) is 17.1. The lowest BCUT2D eigenvalue weighted by atomic mass is 10.1. The van der Waals surface area contributed by atoms with Gasteiger partial charge in [-0.15, -0.1) is 0 Å². The second kappa shape index (κ2) is 8.66. The maximum Gasteiger partial charge on any atom is 0.416 e. The van der Waals surface area contributed by atoms with E-state index in [0.717, 1.165) is 11.8 Å². The summed E-state index contributed by atoms with van der Waals surface area (Å²) in [5.41, 5.74) is 1.33. The Morgan fingerprint density at radius 1 is 1.00 bits per heavy atom. The Morgan fingerprint density at radius 3 is 2.41 bits per heavy atom. The van der Waals surface area contributed by atoms with Crippen molar-refractivity contribution in [2.45, 2.75) is 12.7 Å². The van der Waals surface area contributed by atoms with E-state index in [-0.39, 0.29) is 17.7 Å². The summed E-state index contributed by atoms with van der Waals surface area (Å²) < 4.78 is 41.7. The third kappa shape index (κ3) is 4.39. The standard InChI is InChI=1S/C24H19F3N4O/c1-30(15-18-8-5-6-12-21(18)24(25,26)27)23(32)20-16-31(19-10-3-2-4-11-19)29-22(20)17-9-7-13-28-14-17/h2-14,16H,15H2,1H3. The van der Waals surface area contributed by atoms with Gasteiger partial charge in [0.05, 0.1) is 16.8 Å². The number of pyridine rings is 1. The number of carbonyl (C=O) groups is 1. The van der Waals surface area contributed by atoms with Gasteiger partial charge in [0.2, 0.25) is 0 Å². The fourth-order valence-corrected chi connectivity index (χ4v) is 3.43. The first-order valence-electron chi connectivity index (χ1n) is 9.80. The van der Waals surface area contributed by atoms with Crippen molar-refractivity contribution in [1.29, 1.82) is 0 Å². The highest BCUT2D eigenvalue weighted by Gasteiger charge is 2.33. The van der Waals surface area contributed by atoms with Gasteiger partial charge in [-0.3, -0.25) is 9.78 Å². The van der Waals surface area contributed by atoms with E-state index in [2.05, 4.69) is 10.1 Å². The van der Waals surface area contributed by atoms with Crippen molar-refractivity contribution in [2.75, 3.05) is 7.05 Å². The minimum atomic E-state index is -4.50. The zero-order valence-electron chi connectivity index (χ0n) is 17.1. The number of para-hydroxylation sites is 1. The van der Waals surface area contributed by atoms with Gasteiger partial charge in [-0.05, 0) is 35.9 Å². The van der Waals surface area contributed by atoms with Crippen molar-refractivity contribution in [1.82, 2.24) is 19.7 Å². The van der Waals surface area contributed by atoms with Crippen LogP contribution in [-0.2, 0) is 12.7 Å². The number of carbonyl (C=O) groups excluding carboxylic acids is 1. The van der Waals surface area contributed by atoms with E-state index in [1.165, 1.54) is 30.1 Å². The van der Waals surface area contributed by atoms with Gasteiger partial charge in [0.1, 0.15) is 5.69 Å². The van der Waals surface area contributed by atoms with Crippen LogP contribution >= 0.6 is 0 Å². The van der Waals surface area contributed by atoms with Crippen LogP contribution in [0.2, 0.25) is 0 Å². The number of aromatic nitrogens is 3. The Bertz CT molecular complexity index is 1220. The molecule has 32 heavy (non-hydrogen) atoms. The Labute approximate surface area is 182 Å². The van der Waals surface area contributed by atoms with Gasteiger partial charge in [-0.25, -0.2) is 4.68 Å². The maximum atomic E-state index is 13.4. The summed E-state index contributed by atoms with van der Waals surface area (Å²) >= 11 is 0. The molecular weight excluding hydrogens is 417 g/mol. The van der Waals surface area contributed by atoms with Crippen LogP contribution in [-0.4, -0.2) is 32.6 Å². The van der Waals surface area contributed by atoms with Crippen LogP contribution in [0.3, 0.4) is 0 Å². The molecule has 0 unspecified atom stereocenters. The molecule has 0 radical (unpaired) electrons. The second-order valence-electron chi connectivity index (χ2n) is 7.23. The number of hydrogen-bond donors (Lipinski definition) is 0. The van der Waals surface area contributed by atoms with Gasteiger partial charge in [-0.2, -0.15) is 18.3 Å². The Kier molecular flexibility index (Phi) is 5.77. The number of hydrogen-bond acceptors (Lipinski definition) is 3. The van der Waals surface area contributed by atoms with Crippen molar-refractivity contribution in [3.05, 3.63) is 102 Å². The monoisotopic (exact) mass is 436 g/mol. The highest BCUT2D eigenvalue weighted by Crippen LogP contribution is 2.32. The number of rotatable bonds is 5. The third-order valence-corrected chi connectivity index (χ3v) is 4.98. The fraction of sp³-hybridized carbons (Fsp3) is 0.125. The summed E-state index contributed by atoms with van der Waals surface area (Å²) in [6.45, 7) is -0.197. The Balaban J connectivity index is 1.71. The normalized spacial score (nSPS) is 11.4. The molecular formula is C24H19F3N4O. The molecule has 0 bridgehead atoms. The molecule has 0 N–H and O–H groups in total. The summed E-state index contributed by atoms with van der Waals surface area (Å²) in [5, 5.41) is 4.57. The number of benzene rings is 2. The fourth-order valence-electron chi connectivity index (χ4n) is 3.43. The predicted molar refractivity (Wildman–Crippen MR) is 114 cm³/mol. The molecule has 1 amide bonds. The van der Waals surface area contributed by atoms with Crippen LogP contribution in [0.4, 0.5) is 13.2 Å². The van der Waals surface area contributed by atoms with Crippen molar-refractivity contribution in [3.63, 3.8) is 0 Å². The van der Waals surface area contributed by atoms with E-state index in [4.69, 9.17) is 0 Å². The van der Waals surface area contributed by atoms with Crippen LogP contribution in [0.1, 0.15) is 21.5 Å². The molecule has 0 aliphatic rings. The number of halogens is 3. The second-order valence-corrected chi connectivity index (χ2v) is 7.23. The molecule has 4 rings (SSSR count). The van der Waals surface area contributed by atoms with Crippen LogP contribution in [0, 0.1) is 0 Å². The highest BCUT2D eigenvalue weighted by molar-refractivity contribution is 5.99. The smallest absolute Gasteiger partial charge is 0.337 e. The number of amides is 1. The molecule has 0 aliphatic carbocycles. The SMILES string of the molecule is CN(Cc1ccccc1C(F)(F)F)C(=O)c1cn(-c2ccccc2)nc1-c1cccnc1. The predicted octanol–water partition coefficient (Wildman–Crippen LogP) is 5.23. The average Bonchev–Trinajstić information content (AvgIpc) is 3.25. The summed E-state index contributed by atoms with van der Waals surface area (Å²) in [5.74, 6) is -0.442. The van der Waals surface area contributed by atoms with E-state index in [0.29, 0.717) is 11.3 Å². The summed E-state index contributed by atoms with van der Waals surface area (Å²) in [6.07, 6.45) is 0.290. The lowest BCUT2D eigenvalue weighted by molar-refractivity contribution is -0.138. The molecule has 0 spiro atoms. The lowest BCUT2D eigenvalue weighted by Gasteiger charge is -2.20. The molecule has 0 fully saturated rings. The molecule has 8 heteroatoms. The van der Waals surface area contributed by atoms with Gasteiger partial charge >= 0.3 is 6.18 Å². The van der Waals surface area contributed by atoms with Crippen LogP contribution < -0.4 is 0 Å². The molecule has 0 saturated carbocycles. The zero-order chi connectivity index (χ0) is 22.7. The first-order valence-corrected chi connectivity index (χ1v) is 9.80. The van der Waals surface area contributed by atoms with E-state index >= 15 is 0 Å². The minimum absolute atomic E-state index is 0.0224. The third-order valence-electron chi connectivity index (χ3n) is 4.98. The van der Waals surface area contributed by atoms with E-state index in [1.54, 1.807) is 35.4 Å². The van der Waals surface area contributed by atoms with Crippen LogP contribution in [0.5, 0.6) is 0 Å². The van der Waals surface area contributed by atoms with Crippen molar-refractivity contribution >= 4 is 5.91 Å². The highest BCUT2D eigenvalue weighted by atomic mass is 19.4. The van der Waals surface area contributed by atoms with Gasteiger partial charge in [0, 0.05) is 37.7 Å². The molecule has 2 aromatic heterocycles. The molecule has 5 nitrogen and oxygen atoms in total. The molecule has 162 valence electrons. The average molecular weight is 436 g/mol. The first-order chi connectivity index (χ1) is 15.3. The van der Waals surface area contributed by atoms with Gasteiger partial charge in [0.15, 0.2) is 0 Å². The van der Waals surface area contributed by atoms with Crippen molar-refractivity contribution in [2.24, 2.45) is 0 Å². The number of alkyl halides is 3. The van der Waals surface area contributed by atoms with Crippen molar-refractivity contribution in [3.8, 4) is 16.9 Å². The largest absolute Gasteiger partial charge is 0.416 e. The summed E-state index contributed by atoms with van der Waals surface area (Å²) in [7, 11) is 1.47. The maximum absolute atomic E-state index is 13.4. The molecule has 0 aliphatic heterocycles. The van der Waals surface area contributed by atoms with Gasteiger partial charge in [-0.1, -0.05) is 36.4 Å². The van der Waals surface area contributed by atoms with Crippen LogP contribution in [0.15, 0.2) is 85.3 Å². The lowest BCUT2D eigenvalue weighted by Crippen LogP contribution is -2.27. The Hall–Kier alpha value is -3.94. The minimum Gasteiger partial charge on any atom is -0.337 e. The van der Waals surface area contributed by atoms with Gasteiger partial charge < -0.3 is 4.90 Å². The Morgan fingerprint density at radius 2 is 1.72 bits per heavy atom. The van der Waals surface area contributed by atoms with Crippen molar-refractivity contribution < 1.29 is 18.0 Å². The summed E-state index contributed by atoms with van der Waals surface area (Å²) in [6, 6.07) is 18.0. The first kappa shape index (κ1) is 21.3. The van der Waals surface area contributed by atoms with E-state index < -0.39 is 17.6 Å². The molecule has 0 saturated heterocycles. The van der Waals surface area contributed by atoms with E-state index in [9.17, 15) is 18.0 Å². The number of nitrogens with zero attached hydrogens (tertiary/aromatic N) is 4. The van der Waals surface area contributed by atoms with Crippen LogP contribution in [0.25, 0.3) is 16.9 Å². The summed E-state index contributed by atoms with van der Waals surface area (Å²) in [4.78, 5) is 18.7. The quantitative estimate of drug-likeness (QED) is 0.431. The molecule has 0 atom stereocenters.